The Balaban J connectivity index is 2.17. The highest BCUT2D eigenvalue weighted by molar-refractivity contribution is 5.94. The summed E-state index contributed by atoms with van der Waals surface area (Å²) >= 11 is 0. The largest absolute Gasteiger partial charge is 0.459 e. The molecule has 0 aliphatic rings. The van der Waals surface area contributed by atoms with E-state index in [-0.39, 0.29) is 30.7 Å². The zero-order chi connectivity index (χ0) is 14.8. The molecule has 1 rings (SSSR count). The summed E-state index contributed by atoms with van der Waals surface area (Å²) in [4.78, 5) is 24.7. The molecule has 0 fully saturated rings. The second kappa shape index (κ2) is 9.11. The Bertz CT molecular complexity index is 405. The predicted molar refractivity (Wildman–Crippen MR) is 71.2 cm³/mol. The van der Waals surface area contributed by atoms with Crippen molar-refractivity contribution in [1.29, 1.82) is 0 Å². The van der Waals surface area contributed by atoms with Gasteiger partial charge in [0.05, 0.1) is 26.0 Å². The van der Waals surface area contributed by atoms with Crippen LogP contribution in [0.5, 0.6) is 0 Å². The van der Waals surface area contributed by atoms with Crippen molar-refractivity contribution >= 4 is 11.8 Å². The van der Waals surface area contributed by atoms with E-state index in [0.29, 0.717) is 26.2 Å². The van der Waals surface area contributed by atoms with Crippen LogP contribution in [0.2, 0.25) is 0 Å². The third-order valence-electron chi connectivity index (χ3n) is 2.48. The molecule has 0 saturated heterocycles. The first-order valence-corrected chi connectivity index (χ1v) is 6.39. The lowest BCUT2D eigenvalue weighted by Gasteiger charge is -2.15. The van der Waals surface area contributed by atoms with Gasteiger partial charge in [0.1, 0.15) is 0 Å². The molecule has 2 N–H and O–H groups in total. The van der Waals surface area contributed by atoms with E-state index >= 15 is 0 Å². The highest BCUT2D eigenvalue weighted by atomic mass is 16.5. The highest BCUT2D eigenvalue weighted by Gasteiger charge is 2.16. The van der Waals surface area contributed by atoms with E-state index in [1.807, 2.05) is 0 Å². The van der Waals surface area contributed by atoms with Crippen molar-refractivity contribution < 1.29 is 23.8 Å². The number of hydrogen-bond acceptors (Lipinski definition) is 5. The number of amides is 2. The smallest absolute Gasteiger partial charge is 0.289 e. The number of ether oxygens (including phenoxy) is 1. The maximum absolute atomic E-state index is 11.8. The van der Waals surface area contributed by atoms with Gasteiger partial charge in [0.15, 0.2) is 5.76 Å². The zero-order valence-corrected chi connectivity index (χ0v) is 11.5. The van der Waals surface area contributed by atoms with Gasteiger partial charge in [0, 0.05) is 20.2 Å². The van der Waals surface area contributed by atoms with E-state index in [2.05, 4.69) is 5.32 Å². The molecule has 1 aromatic rings. The van der Waals surface area contributed by atoms with E-state index in [0.717, 1.165) is 0 Å². The average Bonchev–Trinajstić information content (AvgIpc) is 2.95. The Kier molecular flexibility index (Phi) is 7.38. The number of rotatable bonds is 9. The molecular weight excluding hydrogens is 264 g/mol. The lowest BCUT2D eigenvalue weighted by Crippen LogP contribution is -2.38. The normalized spacial score (nSPS) is 10.3. The van der Waals surface area contributed by atoms with Crippen molar-refractivity contribution in [3.63, 3.8) is 0 Å². The van der Waals surface area contributed by atoms with Crippen LogP contribution in [-0.2, 0) is 9.53 Å². The first-order valence-electron chi connectivity index (χ1n) is 6.39. The van der Waals surface area contributed by atoms with Gasteiger partial charge >= 0.3 is 0 Å². The molecule has 0 aliphatic carbocycles. The maximum Gasteiger partial charge on any atom is 0.289 e. The molecule has 0 radical (unpaired) electrons. The monoisotopic (exact) mass is 284 g/mol. The standard InChI is InChI=1S/C13H20N2O5/c1-15(13(18)11-4-2-8-20-11)10-12(17)14-5-3-7-19-9-6-16/h2,4,8,16H,3,5-7,9-10H2,1H3,(H,14,17). The molecule has 1 heterocycles. The first-order chi connectivity index (χ1) is 9.65. The van der Waals surface area contributed by atoms with Crippen LogP contribution in [0.3, 0.4) is 0 Å². The molecule has 0 aromatic carbocycles. The maximum atomic E-state index is 11.8. The third-order valence-corrected chi connectivity index (χ3v) is 2.48. The van der Waals surface area contributed by atoms with Crippen molar-refractivity contribution in [3.05, 3.63) is 24.2 Å². The van der Waals surface area contributed by atoms with Crippen LogP contribution in [0.4, 0.5) is 0 Å². The molecule has 1 aromatic heterocycles. The Labute approximate surface area is 117 Å². The van der Waals surface area contributed by atoms with Gasteiger partial charge in [0.25, 0.3) is 5.91 Å². The molecule has 0 aliphatic heterocycles. The minimum atomic E-state index is -0.337. The van der Waals surface area contributed by atoms with E-state index < -0.39 is 0 Å². The van der Waals surface area contributed by atoms with E-state index in [1.54, 1.807) is 12.1 Å². The highest BCUT2D eigenvalue weighted by Crippen LogP contribution is 2.03. The van der Waals surface area contributed by atoms with Gasteiger partial charge in [-0.15, -0.1) is 0 Å². The summed E-state index contributed by atoms with van der Waals surface area (Å²) in [5.74, 6) is -0.372. The fourth-order valence-corrected chi connectivity index (χ4v) is 1.50. The molecular formula is C13H20N2O5. The van der Waals surface area contributed by atoms with Gasteiger partial charge in [-0.3, -0.25) is 9.59 Å². The van der Waals surface area contributed by atoms with Crippen LogP contribution in [0.25, 0.3) is 0 Å². The van der Waals surface area contributed by atoms with Gasteiger partial charge in [0.2, 0.25) is 5.91 Å². The molecule has 0 bridgehead atoms. The summed E-state index contributed by atoms with van der Waals surface area (Å²) in [7, 11) is 1.54. The van der Waals surface area contributed by atoms with Crippen LogP contribution in [-0.4, -0.2) is 61.8 Å². The Morgan fingerprint density at radius 1 is 1.45 bits per heavy atom. The van der Waals surface area contributed by atoms with Crippen LogP contribution >= 0.6 is 0 Å². The second-order valence-corrected chi connectivity index (χ2v) is 4.18. The quantitative estimate of drug-likeness (QED) is 0.616. The number of nitrogens with one attached hydrogen (secondary N) is 1. The van der Waals surface area contributed by atoms with Crippen molar-refractivity contribution in [2.45, 2.75) is 6.42 Å². The van der Waals surface area contributed by atoms with Gasteiger partial charge < -0.3 is 24.5 Å². The molecule has 20 heavy (non-hydrogen) atoms. The molecule has 2 amide bonds. The lowest BCUT2D eigenvalue weighted by atomic mass is 10.3. The number of carbonyl (C=O) groups excluding carboxylic acids is 2. The zero-order valence-electron chi connectivity index (χ0n) is 11.5. The minimum absolute atomic E-state index is 0.00789. The predicted octanol–water partition coefficient (Wildman–Crippen LogP) is -0.133. The third kappa shape index (κ3) is 5.85. The second-order valence-electron chi connectivity index (χ2n) is 4.18. The minimum Gasteiger partial charge on any atom is -0.459 e. The molecule has 0 spiro atoms. The molecule has 0 unspecified atom stereocenters. The van der Waals surface area contributed by atoms with Crippen LogP contribution < -0.4 is 5.32 Å². The SMILES string of the molecule is CN(CC(=O)NCCCOCCO)C(=O)c1ccco1. The van der Waals surface area contributed by atoms with Gasteiger partial charge in [-0.2, -0.15) is 0 Å². The summed E-state index contributed by atoms with van der Waals surface area (Å²) < 4.78 is 10.0. The van der Waals surface area contributed by atoms with Crippen LogP contribution in [0.1, 0.15) is 17.0 Å². The molecule has 7 nitrogen and oxygen atoms in total. The number of aliphatic hydroxyl groups is 1. The van der Waals surface area contributed by atoms with Crippen molar-refractivity contribution in [3.8, 4) is 0 Å². The summed E-state index contributed by atoms with van der Waals surface area (Å²) in [6, 6.07) is 3.17. The Hall–Kier alpha value is -1.86. The number of carbonyl (C=O) groups is 2. The van der Waals surface area contributed by atoms with Gasteiger partial charge in [-0.25, -0.2) is 0 Å². The number of likely N-dealkylation sites (N-methyl/N-ethyl adjacent to an activating group) is 1. The molecule has 0 atom stereocenters. The van der Waals surface area contributed by atoms with Gasteiger partial charge in [-0.05, 0) is 18.6 Å². The first kappa shape index (κ1) is 16.2. The number of hydrogen-bond donors (Lipinski definition) is 2. The Morgan fingerprint density at radius 2 is 2.25 bits per heavy atom. The summed E-state index contributed by atoms with van der Waals surface area (Å²) in [5.41, 5.74) is 0. The van der Waals surface area contributed by atoms with Crippen molar-refractivity contribution in [1.82, 2.24) is 10.2 Å². The van der Waals surface area contributed by atoms with Crippen LogP contribution in [0.15, 0.2) is 22.8 Å². The van der Waals surface area contributed by atoms with Crippen molar-refractivity contribution in [2.24, 2.45) is 0 Å². The van der Waals surface area contributed by atoms with E-state index in [4.69, 9.17) is 14.3 Å². The Morgan fingerprint density at radius 3 is 2.90 bits per heavy atom. The number of furan rings is 1. The fraction of sp³-hybridized carbons (Fsp3) is 0.538. The topological polar surface area (TPSA) is 92.0 Å². The average molecular weight is 284 g/mol. The van der Waals surface area contributed by atoms with E-state index in [9.17, 15) is 9.59 Å². The van der Waals surface area contributed by atoms with Crippen LogP contribution in [0, 0.1) is 0 Å². The fourth-order valence-electron chi connectivity index (χ4n) is 1.50. The number of nitrogens with zero attached hydrogens (tertiary/aromatic N) is 1. The molecule has 112 valence electrons. The lowest BCUT2D eigenvalue weighted by molar-refractivity contribution is -0.121. The van der Waals surface area contributed by atoms with Crippen molar-refractivity contribution in [2.75, 3.05) is 40.0 Å². The summed E-state index contributed by atoms with van der Waals surface area (Å²) in [6.45, 7) is 1.20. The number of aliphatic hydroxyl groups excluding tert-OH is 1. The van der Waals surface area contributed by atoms with E-state index in [1.165, 1.54) is 18.2 Å². The molecule has 0 saturated carbocycles. The summed E-state index contributed by atoms with van der Waals surface area (Å²) in [6.07, 6.45) is 2.06. The summed E-state index contributed by atoms with van der Waals surface area (Å²) in [5, 5.41) is 11.2. The van der Waals surface area contributed by atoms with Gasteiger partial charge in [-0.1, -0.05) is 0 Å². The molecule has 7 heteroatoms.